The molecule has 0 radical (unpaired) electrons. The highest BCUT2D eigenvalue weighted by atomic mass is 79.9. The van der Waals surface area contributed by atoms with Gasteiger partial charge in [-0.1, -0.05) is 0 Å². The van der Waals surface area contributed by atoms with E-state index in [1.165, 1.54) is 6.21 Å². The van der Waals surface area contributed by atoms with E-state index in [2.05, 4.69) is 21.0 Å². The molecule has 0 aliphatic carbocycles. The molecule has 0 spiro atoms. The average molecular weight is 259 g/mol. The molecule has 1 aromatic carbocycles. The summed E-state index contributed by atoms with van der Waals surface area (Å²) in [6, 6.07) is 3.65. The standard InChI is InChI=1S/C9H11BrN2O2/c1-13-8-4-3-7(10)6(5-12-11)9(8)14-2/h3-5H,11H2,1-2H3. The molecule has 0 aliphatic rings. The van der Waals surface area contributed by atoms with Crippen molar-refractivity contribution in [3.63, 3.8) is 0 Å². The Hall–Kier alpha value is -1.23. The Balaban J connectivity index is 3.34. The van der Waals surface area contributed by atoms with Gasteiger partial charge in [-0.15, -0.1) is 0 Å². The summed E-state index contributed by atoms with van der Waals surface area (Å²) in [6.07, 6.45) is 1.51. The van der Waals surface area contributed by atoms with Crippen LogP contribution < -0.4 is 15.3 Å². The van der Waals surface area contributed by atoms with Crippen molar-refractivity contribution >= 4 is 22.1 Å². The van der Waals surface area contributed by atoms with Crippen LogP contribution in [0.15, 0.2) is 21.7 Å². The van der Waals surface area contributed by atoms with Gasteiger partial charge in [-0.2, -0.15) is 5.10 Å². The van der Waals surface area contributed by atoms with E-state index in [9.17, 15) is 0 Å². The molecule has 1 aromatic rings. The van der Waals surface area contributed by atoms with E-state index in [0.717, 1.165) is 10.0 Å². The van der Waals surface area contributed by atoms with E-state index < -0.39 is 0 Å². The lowest BCUT2D eigenvalue weighted by Crippen LogP contribution is -1.97. The lowest BCUT2D eigenvalue weighted by molar-refractivity contribution is 0.354. The highest BCUT2D eigenvalue weighted by Gasteiger charge is 2.11. The Morgan fingerprint density at radius 2 is 2.07 bits per heavy atom. The van der Waals surface area contributed by atoms with Gasteiger partial charge >= 0.3 is 0 Å². The SMILES string of the molecule is COc1ccc(Br)c(C=NN)c1OC. The van der Waals surface area contributed by atoms with Gasteiger partial charge in [0.1, 0.15) is 0 Å². The zero-order chi connectivity index (χ0) is 10.6. The van der Waals surface area contributed by atoms with E-state index in [1.54, 1.807) is 20.3 Å². The van der Waals surface area contributed by atoms with E-state index in [1.807, 2.05) is 6.07 Å². The molecule has 0 aromatic heterocycles. The van der Waals surface area contributed by atoms with Crippen LogP contribution in [0, 0.1) is 0 Å². The van der Waals surface area contributed by atoms with Crippen LogP contribution in [-0.2, 0) is 0 Å². The molecule has 0 fully saturated rings. The van der Waals surface area contributed by atoms with Crippen molar-refractivity contribution in [2.45, 2.75) is 0 Å². The highest BCUT2D eigenvalue weighted by molar-refractivity contribution is 9.10. The minimum atomic E-state index is 0.607. The second-order valence-electron chi connectivity index (χ2n) is 2.47. The second kappa shape index (κ2) is 4.85. The molecule has 0 unspecified atom stereocenters. The largest absolute Gasteiger partial charge is 0.493 e. The lowest BCUT2D eigenvalue weighted by Gasteiger charge is -2.10. The van der Waals surface area contributed by atoms with Crippen LogP contribution in [0.2, 0.25) is 0 Å². The molecular weight excluding hydrogens is 248 g/mol. The number of hydrogen-bond acceptors (Lipinski definition) is 4. The van der Waals surface area contributed by atoms with Crippen LogP contribution >= 0.6 is 15.9 Å². The van der Waals surface area contributed by atoms with Crippen molar-refractivity contribution in [1.29, 1.82) is 0 Å². The van der Waals surface area contributed by atoms with Gasteiger partial charge in [0.15, 0.2) is 11.5 Å². The summed E-state index contributed by atoms with van der Waals surface area (Å²) < 4.78 is 11.2. The van der Waals surface area contributed by atoms with Gasteiger partial charge in [0.2, 0.25) is 0 Å². The van der Waals surface area contributed by atoms with Crippen LogP contribution in [0.1, 0.15) is 5.56 Å². The van der Waals surface area contributed by atoms with Crippen LogP contribution in [0.3, 0.4) is 0 Å². The smallest absolute Gasteiger partial charge is 0.170 e. The number of hydrogen-bond donors (Lipinski definition) is 1. The number of methoxy groups -OCH3 is 2. The summed E-state index contributed by atoms with van der Waals surface area (Å²) in [7, 11) is 3.15. The summed E-state index contributed by atoms with van der Waals surface area (Å²) in [5.41, 5.74) is 0.759. The topological polar surface area (TPSA) is 56.8 Å². The number of halogens is 1. The average Bonchev–Trinajstić information content (AvgIpc) is 2.21. The quantitative estimate of drug-likeness (QED) is 0.511. The molecule has 5 heteroatoms. The van der Waals surface area contributed by atoms with Crippen LogP contribution in [0.5, 0.6) is 11.5 Å². The molecule has 2 N–H and O–H groups in total. The van der Waals surface area contributed by atoms with Crippen molar-refractivity contribution in [3.8, 4) is 11.5 Å². The first kappa shape index (κ1) is 10.8. The predicted octanol–water partition coefficient (Wildman–Crippen LogP) is 1.76. The van der Waals surface area contributed by atoms with Gasteiger partial charge in [-0.05, 0) is 28.1 Å². The summed E-state index contributed by atoms with van der Waals surface area (Å²) in [5.74, 6) is 6.35. The molecule has 0 heterocycles. The van der Waals surface area contributed by atoms with Gasteiger partial charge in [-0.3, -0.25) is 0 Å². The number of rotatable bonds is 3. The number of nitrogens with two attached hydrogens (primary N) is 1. The number of benzene rings is 1. The first-order chi connectivity index (χ1) is 6.74. The van der Waals surface area contributed by atoms with E-state index >= 15 is 0 Å². The minimum Gasteiger partial charge on any atom is -0.493 e. The summed E-state index contributed by atoms with van der Waals surface area (Å²) in [6.45, 7) is 0. The third-order valence-electron chi connectivity index (χ3n) is 1.73. The van der Waals surface area contributed by atoms with Gasteiger partial charge in [0.05, 0.1) is 26.0 Å². The summed E-state index contributed by atoms with van der Waals surface area (Å²) in [4.78, 5) is 0. The van der Waals surface area contributed by atoms with Crippen molar-refractivity contribution in [1.82, 2.24) is 0 Å². The first-order valence-electron chi connectivity index (χ1n) is 3.88. The van der Waals surface area contributed by atoms with Gasteiger partial charge < -0.3 is 15.3 Å². The maximum Gasteiger partial charge on any atom is 0.170 e. The molecule has 0 amide bonds. The van der Waals surface area contributed by atoms with Crippen molar-refractivity contribution in [2.75, 3.05) is 14.2 Å². The van der Waals surface area contributed by atoms with Crippen LogP contribution in [0.25, 0.3) is 0 Å². The van der Waals surface area contributed by atoms with Crippen LogP contribution in [0.4, 0.5) is 0 Å². The predicted molar refractivity (Wildman–Crippen MR) is 59.0 cm³/mol. The first-order valence-corrected chi connectivity index (χ1v) is 4.67. The van der Waals surface area contributed by atoms with Crippen molar-refractivity contribution in [3.05, 3.63) is 22.2 Å². The third kappa shape index (κ3) is 1.98. The summed E-state index contributed by atoms with van der Waals surface area (Å²) >= 11 is 3.37. The maximum absolute atomic E-state index is 5.20. The monoisotopic (exact) mass is 258 g/mol. The van der Waals surface area contributed by atoms with Gasteiger partial charge in [0, 0.05) is 4.47 Å². The fraction of sp³-hybridized carbons (Fsp3) is 0.222. The van der Waals surface area contributed by atoms with Crippen molar-refractivity contribution < 1.29 is 9.47 Å². The number of ether oxygens (including phenoxy) is 2. The Kier molecular flexibility index (Phi) is 3.76. The zero-order valence-electron chi connectivity index (χ0n) is 7.95. The summed E-state index contributed by atoms with van der Waals surface area (Å²) in [5, 5.41) is 3.46. The normalized spacial score (nSPS) is 10.5. The Morgan fingerprint density at radius 1 is 1.36 bits per heavy atom. The third-order valence-corrected chi connectivity index (χ3v) is 2.43. The Labute approximate surface area is 90.8 Å². The molecule has 0 saturated carbocycles. The molecule has 0 bridgehead atoms. The lowest BCUT2D eigenvalue weighted by atomic mass is 10.2. The Morgan fingerprint density at radius 3 is 2.57 bits per heavy atom. The van der Waals surface area contributed by atoms with Gasteiger partial charge in [-0.25, -0.2) is 0 Å². The van der Waals surface area contributed by atoms with E-state index in [-0.39, 0.29) is 0 Å². The fourth-order valence-corrected chi connectivity index (χ4v) is 1.54. The van der Waals surface area contributed by atoms with Crippen molar-refractivity contribution in [2.24, 2.45) is 10.9 Å². The second-order valence-corrected chi connectivity index (χ2v) is 3.33. The minimum absolute atomic E-state index is 0.607. The molecule has 1 rings (SSSR count). The molecule has 76 valence electrons. The van der Waals surface area contributed by atoms with Crippen LogP contribution in [-0.4, -0.2) is 20.4 Å². The van der Waals surface area contributed by atoms with E-state index in [0.29, 0.717) is 11.5 Å². The highest BCUT2D eigenvalue weighted by Crippen LogP contribution is 2.34. The number of nitrogens with zero attached hydrogens (tertiary/aromatic N) is 1. The Bertz CT molecular complexity index is 353. The van der Waals surface area contributed by atoms with Gasteiger partial charge in [0.25, 0.3) is 0 Å². The molecule has 4 nitrogen and oxygen atoms in total. The molecule has 0 saturated heterocycles. The zero-order valence-corrected chi connectivity index (χ0v) is 9.54. The maximum atomic E-state index is 5.20. The molecule has 0 atom stereocenters. The molecule has 0 aliphatic heterocycles. The molecular formula is C9H11BrN2O2. The number of hydrazone groups is 1. The molecule has 14 heavy (non-hydrogen) atoms. The fourth-order valence-electron chi connectivity index (χ4n) is 1.12. The van der Waals surface area contributed by atoms with E-state index in [4.69, 9.17) is 15.3 Å².